The maximum absolute atomic E-state index is 14.1. The highest BCUT2D eigenvalue weighted by Crippen LogP contribution is 2.31. The number of benzene rings is 2. The number of aromatic amines is 1. The van der Waals surface area contributed by atoms with Gasteiger partial charge in [0.25, 0.3) is 0 Å². The fraction of sp³-hybridized carbons (Fsp3) is 0.316. The predicted octanol–water partition coefficient (Wildman–Crippen LogP) is 3.72. The summed E-state index contributed by atoms with van der Waals surface area (Å²) in [6.07, 6.45) is 1.40. The third-order valence-electron chi connectivity index (χ3n) is 4.96. The molecule has 0 radical (unpaired) electrons. The SMILES string of the molecule is Cc1ccc2nc([C@H]3CCCN(S(=O)(=O)c4cccc(F)c4F)C3)[nH]c2c1. The van der Waals surface area contributed by atoms with Crippen molar-refractivity contribution in [2.45, 2.75) is 30.6 Å². The molecule has 0 spiro atoms. The van der Waals surface area contributed by atoms with Crippen LogP contribution in [0.15, 0.2) is 41.3 Å². The summed E-state index contributed by atoms with van der Waals surface area (Å²) < 4.78 is 54.5. The number of nitrogens with zero attached hydrogens (tertiary/aromatic N) is 2. The molecule has 2 heterocycles. The molecule has 3 aromatic rings. The van der Waals surface area contributed by atoms with Crippen molar-refractivity contribution in [1.29, 1.82) is 0 Å². The molecular weight excluding hydrogens is 372 g/mol. The van der Waals surface area contributed by atoms with Crippen molar-refractivity contribution in [2.75, 3.05) is 13.1 Å². The quantitative estimate of drug-likeness (QED) is 0.740. The van der Waals surface area contributed by atoms with Gasteiger partial charge >= 0.3 is 0 Å². The highest BCUT2D eigenvalue weighted by molar-refractivity contribution is 7.89. The smallest absolute Gasteiger partial charge is 0.246 e. The summed E-state index contributed by atoms with van der Waals surface area (Å²) in [7, 11) is -4.12. The Morgan fingerprint density at radius 2 is 2.04 bits per heavy atom. The van der Waals surface area contributed by atoms with Gasteiger partial charge in [-0.05, 0) is 49.6 Å². The Balaban J connectivity index is 1.64. The van der Waals surface area contributed by atoms with Crippen molar-refractivity contribution in [3.8, 4) is 0 Å². The van der Waals surface area contributed by atoms with E-state index < -0.39 is 26.6 Å². The van der Waals surface area contributed by atoms with Gasteiger partial charge in [0.1, 0.15) is 10.7 Å². The van der Waals surface area contributed by atoms with Crippen molar-refractivity contribution in [3.05, 3.63) is 59.4 Å². The van der Waals surface area contributed by atoms with E-state index in [2.05, 4.69) is 9.97 Å². The van der Waals surface area contributed by atoms with Crippen LogP contribution in [0.5, 0.6) is 0 Å². The molecule has 2 aromatic carbocycles. The summed E-state index contributed by atoms with van der Waals surface area (Å²) in [5.74, 6) is -1.91. The standard InChI is InChI=1S/C19H19F2N3O2S/c1-12-7-8-15-16(10-12)23-19(22-15)13-4-3-9-24(11-13)27(25,26)17-6-2-5-14(20)18(17)21/h2,5-8,10,13H,3-4,9,11H2,1H3,(H,22,23)/t13-/m0/s1. The summed E-state index contributed by atoms with van der Waals surface area (Å²) >= 11 is 0. The molecule has 1 aromatic heterocycles. The van der Waals surface area contributed by atoms with Crippen molar-refractivity contribution in [2.24, 2.45) is 0 Å². The number of aromatic nitrogens is 2. The second-order valence-electron chi connectivity index (χ2n) is 6.90. The van der Waals surface area contributed by atoms with Gasteiger partial charge in [0.05, 0.1) is 11.0 Å². The summed E-state index contributed by atoms with van der Waals surface area (Å²) in [5, 5.41) is 0. The number of nitrogens with one attached hydrogen (secondary N) is 1. The fourth-order valence-electron chi connectivity index (χ4n) is 3.54. The van der Waals surface area contributed by atoms with Gasteiger partial charge in [-0.25, -0.2) is 22.2 Å². The number of piperidine rings is 1. The van der Waals surface area contributed by atoms with Gasteiger partial charge in [-0.3, -0.25) is 0 Å². The van der Waals surface area contributed by atoms with Crippen LogP contribution < -0.4 is 0 Å². The van der Waals surface area contributed by atoms with Crippen molar-refractivity contribution < 1.29 is 17.2 Å². The van der Waals surface area contributed by atoms with Crippen LogP contribution >= 0.6 is 0 Å². The number of fused-ring (bicyclic) bond motifs is 1. The van der Waals surface area contributed by atoms with Crippen LogP contribution in [0.3, 0.4) is 0 Å². The minimum absolute atomic E-state index is 0.127. The van der Waals surface area contributed by atoms with Crippen LogP contribution in [-0.2, 0) is 10.0 Å². The molecule has 1 atom stereocenters. The Morgan fingerprint density at radius 1 is 1.22 bits per heavy atom. The van der Waals surface area contributed by atoms with E-state index in [9.17, 15) is 17.2 Å². The first-order valence-corrected chi connectivity index (χ1v) is 10.2. The van der Waals surface area contributed by atoms with Gasteiger partial charge in [0, 0.05) is 19.0 Å². The van der Waals surface area contributed by atoms with Gasteiger partial charge in [-0.2, -0.15) is 4.31 Å². The highest BCUT2D eigenvalue weighted by Gasteiger charge is 2.34. The van der Waals surface area contributed by atoms with Crippen LogP contribution in [0.25, 0.3) is 11.0 Å². The van der Waals surface area contributed by atoms with Gasteiger partial charge in [-0.15, -0.1) is 0 Å². The first kappa shape index (κ1) is 18.1. The van der Waals surface area contributed by atoms with E-state index in [1.807, 2.05) is 25.1 Å². The number of hydrogen-bond acceptors (Lipinski definition) is 3. The summed E-state index contributed by atoms with van der Waals surface area (Å²) in [5.41, 5.74) is 2.83. The van der Waals surface area contributed by atoms with Gasteiger partial charge in [0.2, 0.25) is 10.0 Å². The van der Waals surface area contributed by atoms with E-state index in [0.29, 0.717) is 6.42 Å². The molecule has 1 N–H and O–H groups in total. The third-order valence-corrected chi connectivity index (χ3v) is 6.84. The third kappa shape index (κ3) is 3.23. The molecule has 0 saturated carbocycles. The molecule has 142 valence electrons. The second kappa shape index (κ2) is 6.69. The highest BCUT2D eigenvalue weighted by atomic mass is 32.2. The van der Waals surface area contributed by atoms with Crippen molar-refractivity contribution >= 4 is 21.1 Å². The largest absolute Gasteiger partial charge is 0.342 e. The molecule has 1 saturated heterocycles. The number of rotatable bonds is 3. The average molecular weight is 391 g/mol. The zero-order chi connectivity index (χ0) is 19.2. The van der Waals surface area contributed by atoms with E-state index in [1.54, 1.807) is 0 Å². The number of aryl methyl sites for hydroxylation is 1. The average Bonchev–Trinajstić information content (AvgIpc) is 3.07. The Hall–Kier alpha value is -2.32. The monoisotopic (exact) mass is 391 g/mol. The maximum atomic E-state index is 14.1. The Kier molecular flexibility index (Phi) is 4.47. The van der Waals surface area contributed by atoms with E-state index in [-0.39, 0.29) is 19.0 Å². The number of imidazole rings is 1. The van der Waals surface area contributed by atoms with Crippen molar-refractivity contribution in [3.63, 3.8) is 0 Å². The number of H-pyrrole nitrogens is 1. The summed E-state index contributed by atoms with van der Waals surface area (Å²) in [6.45, 7) is 2.44. The van der Waals surface area contributed by atoms with E-state index >= 15 is 0 Å². The van der Waals surface area contributed by atoms with Crippen LogP contribution in [0, 0.1) is 18.6 Å². The topological polar surface area (TPSA) is 66.1 Å². The predicted molar refractivity (Wildman–Crippen MR) is 97.9 cm³/mol. The molecule has 0 amide bonds. The van der Waals surface area contributed by atoms with Gasteiger partial charge < -0.3 is 4.98 Å². The lowest BCUT2D eigenvalue weighted by molar-refractivity contribution is 0.308. The van der Waals surface area contributed by atoms with E-state index in [0.717, 1.165) is 41.0 Å². The van der Waals surface area contributed by atoms with Gasteiger partial charge in [0.15, 0.2) is 11.6 Å². The Bertz CT molecular complexity index is 1110. The first-order valence-electron chi connectivity index (χ1n) is 8.76. The van der Waals surface area contributed by atoms with Gasteiger partial charge in [-0.1, -0.05) is 12.1 Å². The molecule has 0 bridgehead atoms. The lowest BCUT2D eigenvalue weighted by Crippen LogP contribution is -2.39. The normalized spacial score (nSPS) is 18.9. The van der Waals surface area contributed by atoms with Crippen LogP contribution in [0.4, 0.5) is 8.78 Å². The Labute approximate surface area is 156 Å². The summed E-state index contributed by atoms with van der Waals surface area (Å²) in [6, 6.07) is 9.09. The van der Waals surface area contributed by atoms with E-state index in [4.69, 9.17) is 0 Å². The first-order chi connectivity index (χ1) is 12.9. The lowest BCUT2D eigenvalue weighted by atomic mass is 9.99. The molecule has 0 aliphatic carbocycles. The summed E-state index contributed by atoms with van der Waals surface area (Å²) in [4.78, 5) is 7.24. The zero-order valence-corrected chi connectivity index (χ0v) is 15.6. The lowest BCUT2D eigenvalue weighted by Gasteiger charge is -2.31. The molecular formula is C19H19F2N3O2S. The second-order valence-corrected chi connectivity index (χ2v) is 8.80. The molecule has 8 heteroatoms. The molecule has 1 aliphatic rings. The van der Waals surface area contributed by atoms with E-state index in [1.165, 1.54) is 10.4 Å². The van der Waals surface area contributed by atoms with Crippen molar-refractivity contribution in [1.82, 2.24) is 14.3 Å². The molecule has 4 rings (SSSR count). The number of hydrogen-bond donors (Lipinski definition) is 1. The fourth-order valence-corrected chi connectivity index (χ4v) is 5.14. The minimum Gasteiger partial charge on any atom is -0.342 e. The molecule has 0 unspecified atom stereocenters. The molecule has 5 nitrogen and oxygen atoms in total. The van der Waals surface area contributed by atoms with Crippen LogP contribution in [0.1, 0.15) is 30.1 Å². The molecule has 1 fully saturated rings. The number of sulfonamides is 1. The molecule has 1 aliphatic heterocycles. The minimum atomic E-state index is -4.12. The van der Waals surface area contributed by atoms with Crippen LogP contribution in [0.2, 0.25) is 0 Å². The maximum Gasteiger partial charge on any atom is 0.246 e. The Morgan fingerprint density at radius 3 is 2.85 bits per heavy atom. The zero-order valence-electron chi connectivity index (χ0n) is 14.7. The van der Waals surface area contributed by atoms with Crippen LogP contribution in [-0.4, -0.2) is 35.8 Å². The molecule has 27 heavy (non-hydrogen) atoms. The number of halogens is 2.